The summed E-state index contributed by atoms with van der Waals surface area (Å²) >= 11 is 0. The summed E-state index contributed by atoms with van der Waals surface area (Å²) in [6, 6.07) is 5.08. The van der Waals surface area contributed by atoms with E-state index in [0.29, 0.717) is 18.7 Å². The number of nitrogens with one attached hydrogen (secondary N) is 1. The minimum absolute atomic E-state index is 0.304. The molecule has 0 amide bonds. The van der Waals surface area contributed by atoms with E-state index in [9.17, 15) is 8.78 Å². The lowest BCUT2D eigenvalue weighted by molar-refractivity contribution is 0.584. The van der Waals surface area contributed by atoms with Crippen molar-refractivity contribution in [3.8, 4) is 6.07 Å². The smallest absolute Gasteiger partial charge is 0.128 e. The van der Waals surface area contributed by atoms with Crippen LogP contribution in [0, 0.1) is 23.0 Å². The van der Waals surface area contributed by atoms with Crippen LogP contribution in [0.2, 0.25) is 0 Å². The van der Waals surface area contributed by atoms with Gasteiger partial charge in [0.1, 0.15) is 11.6 Å². The zero-order chi connectivity index (χ0) is 9.68. The largest absolute Gasteiger partial charge is 0.384 e. The van der Waals surface area contributed by atoms with Crippen molar-refractivity contribution in [2.75, 3.05) is 11.9 Å². The van der Waals surface area contributed by atoms with E-state index in [0.717, 1.165) is 6.07 Å². The minimum Gasteiger partial charge on any atom is -0.384 e. The lowest BCUT2D eigenvalue weighted by Gasteiger charge is -2.03. The summed E-state index contributed by atoms with van der Waals surface area (Å²) in [6.07, 6.45) is 0.304. The molecule has 0 bridgehead atoms. The van der Waals surface area contributed by atoms with Crippen LogP contribution in [-0.4, -0.2) is 6.54 Å². The van der Waals surface area contributed by atoms with Crippen molar-refractivity contribution in [3.63, 3.8) is 0 Å². The highest BCUT2D eigenvalue weighted by Gasteiger charge is 1.98. The van der Waals surface area contributed by atoms with Gasteiger partial charge in [0.05, 0.1) is 12.5 Å². The van der Waals surface area contributed by atoms with Gasteiger partial charge in [-0.05, 0) is 12.1 Å². The first-order chi connectivity index (χ1) is 6.22. The predicted molar refractivity (Wildman–Crippen MR) is 45.1 cm³/mol. The topological polar surface area (TPSA) is 35.8 Å². The Morgan fingerprint density at radius 3 is 2.38 bits per heavy atom. The molecule has 0 fully saturated rings. The van der Waals surface area contributed by atoms with E-state index in [1.165, 1.54) is 12.1 Å². The molecule has 1 aromatic carbocycles. The highest BCUT2D eigenvalue weighted by molar-refractivity contribution is 5.43. The Morgan fingerprint density at radius 1 is 1.23 bits per heavy atom. The molecule has 13 heavy (non-hydrogen) atoms. The second-order valence-corrected chi connectivity index (χ2v) is 2.49. The average Bonchev–Trinajstić information content (AvgIpc) is 2.03. The Bertz CT molecular complexity index is 311. The van der Waals surface area contributed by atoms with Crippen molar-refractivity contribution in [2.24, 2.45) is 0 Å². The van der Waals surface area contributed by atoms with E-state index in [2.05, 4.69) is 5.32 Å². The Morgan fingerprint density at radius 2 is 1.85 bits per heavy atom. The van der Waals surface area contributed by atoms with Crippen molar-refractivity contribution in [1.29, 1.82) is 5.26 Å². The van der Waals surface area contributed by atoms with Gasteiger partial charge in [0.25, 0.3) is 0 Å². The van der Waals surface area contributed by atoms with Crippen molar-refractivity contribution >= 4 is 5.69 Å². The summed E-state index contributed by atoms with van der Waals surface area (Å²) in [5.74, 6) is -1.25. The number of nitriles is 1. The molecule has 0 unspecified atom stereocenters. The molecule has 0 saturated heterocycles. The highest BCUT2D eigenvalue weighted by atomic mass is 19.1. The molecule has 1 N–H and O–H groups in total. The minimum atomic E-state index is -0.626. The molecule has 2 nitrogen and oxygen atoms in total. The lowest BCUT2D eigenvalue weighted by Crippen LogP contribution is -2.00. The summed E-state index contributed by atoms with van der Waals surface area (Å²) in [5, 5.41) is 10.9. The van der Waals surface area contributed by atoms with Crippen LogP contribution in [0.25, 0.3) is 0 Å². The van der Waals surface area contributed by atoms with Crippen LogP contribution in [-0.2, 0) is 0 Å². The van der Waals surface area contributed by atoms with Gasteiger partial charge in [-0.15, -0.1) is 0 Å². The summed E-state index contributed by atoms with van der Waals surface area (Å²) in [4.78, 5) is 0. The van der Waals surface area contributed by atoms with Crippen molar-refractivity contribution in [2.45, 2.75) is 6.42 Å². The highest BCUT2D eigenvalue weighted by Crippen LogP contribution is 2.12. The van der Waals surface area contributed by atoms with Crippen LogP contribution < -0.4 is 5.32 Å². The third-order valence-corrected chi connectivity index (χ3v) is 1.43. The van der Waals surface area contributed by atoms with E-state index in [1.54, 1.807) is 0 Å². The Labute approximate surface area is 74.8 Å². The van der Waals surface area contributed by atoms with Crippen LogP contribution in [0.5, 0.6) is 0 Å². The van der Waals surface area contributed by atoms with Crippen molar-refractivity contribution < 1.29 is 8.78 Å². The van der Waals surface area contributed by atoms with Crippen LogP contribution >= 0.6 is 0 Å². The second-order valence-electron chi connectivity index (χ2n) is 2.49. The monoisotopic (exact) mass is 182 g/mol. The number of hydrogen-bond donors (Lipinski definition) is 1. The van der Waals surface area contributed by atoms with Crippen LogP contribution in [0.1, 0.15) is 6.42 Å². The van der Waals surface area contributed by atoms with Gasteiger partial charge in [-0.1, -0.05) is 0 Å². The Balaban J connectivity index is 2.62. The Hall–Kier alpha value is -1.63. The normalized spacial score (nSPS) is 9.31. The molecule has 0 heterocycles. The molecule has 0 radical (unpaired) electrons. The predicted octanol–water partition coefficient (Wildman–Crippen LogP) is 2.29. The third-order valence-electron chi connectivity index (χ3n) is 1.43. The molecular weight excluding hydrogens is 174 g/mol. The van der Waals surface area contributed by atoms with Crippen LogP contribution in [0.3, 0.4) is 0 Å². The number of halogens is 2. The molecule has 0 saturated carbocycles. The molecule has 1 rings (SSSR count). The van der Waals surface area contributed by atoms with Gasteiger partial charge in [-0.25, -0.2) is 8.78 Å². The molecule has 0 aliphatic carbocycles. The average molecular weight is 182 g/mol. The maximum atomic E-state index is 12.6. The summed E-state index contributed by atoms with van der Waals surface area (Å²) in [6.45, 7) is 0.388. The SMILES string of the molecule is N#CCCNc1cc(F)cc(F)c1. The lowest BCUT2D eigenvalue weighted by atomic mass is 10.3. The number of rotatable bonds is 3. The quantitative estimate of drug-likeness (QED) is 0.728. The molecule has 1 aromatic rings. The number of nitrogens with zero attached hydrogens (tertiary/aromatic N) is 1. The van der Waals surface area contributed by atoms with Gasteiger partial charge in [-0.3, -0.25) is 0 Å². The second kappa shape index (κ2) is 4.41. The fourth-order valence-electron chi connectivity index (χ4n) is 0.919. The van der Waals surface area contributed by atoms with Gasteiger partial charge in [0.2, 0.25) is 0 Å². The van der Waals surface area contributed by atoms with Gasteiger partial charge in [-0.2, -0.15) is 5.26 Å². The van der Waals surface area contributed by atoms with Crippen molar-refractivity contribution in [1.82, 2.24) is 0 Å². The van der Waals surface area contributed by atoms with Gasteiger partial charge in [0, 0.05) is 18.3 Å². The molecule has 4 heteroatoms. The summed E-state index contributed by atoms with van der Waals surface area (Å²) < 4.78 is 25.2. The molecule has 0 aliphatic heterocycles. The van der Waals surface area contributed by atoms with E-state index < -0.39 is 11.6 Å². The van der Waals surface area contributed by atoms with Crippen LogP contribution in [0.4, 0.5) is 14.5 Å². The fourth-order valence-corrected chi connectivity index (χ4v) is 0.919. The third kappa shape index (κ3) is 3.08. The molecule has 68 valence electrons. The molecular formula is C9H8F2N2. The van der Waals surface area contributed by atoms with Gasteiger partial charge in [0.15, 0.2) is 0 Å². The first-order valence-corrected chi connectivity index (χ1v) is 3.79. The molecule has 0 aromatic heterocycles. The summed E-state index contributed by atoms with van der Waals surface area (Å²) in [5.41, 5.74) is 0.354. The first kappa shape index (κ1) is 9.46. The van der Waals surface area contributed by atoms with Gasteiger partial charge >= 0.3 is 0 Å². The number of benzene rings is 1. The maximum Gasteiger partial charge on any atom is 0.128 e. The number of hydrogen-bond acceptors (Lipinski definition) is 2. The molecule has 0 aliphatic rings. The Kier molecular flexibility index (Phi) is 3.21. The fraction of sp³-hybridized carbons (Fsp3) is 0.222. The van der Waals surface area contributed by atoms with E-state index in [1.807, 2.05) is 6.07 Å². The van der Waals surface area contributed by atoms with E-state index >= 15 is 0 Å². The number of anilines is 1. The van der Waals surface area contributed by atoms with Gasteiger partial charge < -0.3 is 5.32 Å². The molecule has 0 atom stereocenters. The van der Waals surface area contributed by atoms with Crippen molar-refractivity contribution in [3.05, 3.63) is 29.8 Å². The van der Waals surface area contributed by atoms with Crippen LogP contribution in [0.15, 0.2) is 18.2 Å². The standard InChI is InChI=1S/C9H8F2N2/c10-7-4-8(11)6-9(5-7)13-3-1-2-12/h4-6,13H,1,3H2. The first-order valence-electron chi connectivity index (χ1n) is 3.79. The maximum absolute atomic E-state index is 12.6. The van der Waals surface area contributed by atoms with E-state index in [-0.39, 0.29) is 0 Å². The zero-order valence-corrected chi connectivity index (χ0v) is 6.85. The molecule has 0 spiro atoms. The van der Waals surface area contributed by atoms with E-state index in [4.69, 9.17) is 5.26 Å². The summed E-state index contributed by atoms with van der Waals surface area (Å²) in [7, 11) is 0. The zero-order valence-electron chi connectivity index (χ0n) is 6.85.